The van der Waals surface area contributed by atoms with E-state index in [1.54, 1.807) is 36.7 Å². The lowest BCUT2D eigenvalue weighted by atomic mass is 10.2. The molecule has 1 aromatic heterocycles. The molecule has 0 saturated carbocycles. The van der Waals surface area contributed by atoms with Gasteiger partial charge >= 0.3 is 0 Å². The second kappa shape index (κ2) is 5.67. The molecule has 0 saturated heterocycles. The van der Waals surface area contributed by atoms with Gasteiger partial charge in [0.15, 0.2) is 0 Å². The van der Waals surface area contributed by atoms with E-state index in [1.165, 1.54) is 4.09 Å². The number of halogens is 1. The Morgan fingerprint density at radius 2 is 2.28 bits per heavy atom. The minimum absolute atomic E-state index is 0.154. The highest BCUT2D eigenvalue weighted by atomic mass is 35.5. The van der Waals surface area contributed by atoms with E-state index < -0.39 is 0 Å². The van der Waals surface area contributed by atoms with E-state index in [1.807, 2.05) is 0 Å². The minimum atomic E-state index is 0.154. The highest BCUT2D eigenvalue weighted by Gasteiger charge is 2.10. The van der Waals surface area contributed by atoms with Gasteiger partial charge in [0.05, 0.1) is 10.6 Å². The minimum Gasteiger partial charge on any atom is -0.472 e. The molecule has 5 nitrogen and oxygen atoms in total. The first-order valence-corrected chi connectivity index (χ1v) is 5.69. The zero-order valence-corrected chi connectivity index (χ0v) is 10.7. The third kappa shape index (κ3) is 2.88. The molecule has 0 aliphatic carbocycles. The second-order valence-corrected chi connectivity index (χ2v) is 4.09. The first-order valence-electron chi connectivity index (χ1n) is 4.92. The Bertz CT molecular complexity index is 594. The largest absolute Gasteiger partial charge is 0.472 e. The van der Waals surface area contributed by atoms with Crippen molar-refractivity contribution in [3.8, 4) is 17.9 Å². The van der Waals surface area contributed by atoms with E-state index in [9.17, 15) is 0 Å². The standard InChI is InChI=1S/C11H8ClN3O2S/c12-9-2-1-3-10(17-7-13)8(9)6-16-11-4-5-15(18)14-11/h1-5,18H,6H2. The van der Waals surface area contributed by atoms with E-state index >= 15 is 0 Å². The lowest BCUT2D eigenvalue weighted by molar-refractivity contribution is 0.288. The van der Waals surface area contributed by atoms with Gasteiger partial charge in [-0.1, -0.05) is 17.7 Å². The number of nitriles is 1. The van der Waals surface area contributed by atoms with E-state index in [0.29, 0.717) is 22.2 Å². The summed E-state index contributed by atoms with van der Waals surface area (Å²) in [5, 5.41) is 12.9. The van der Waals surface area contributed by atoms with E-state index in [2.05, 4.69) is 17.9 Å². The number of nitrogens with zero attached hydrogens (tertiary/aromatic N) is 3. The molecular formula is C11H8ClN3O2S. The van der Waals surface area contributed by atoms with E-state index in [4.69, 9.17) is 26.3 Å². The Kier molecular flexibility index (Phi) is 3.97. The van der Waals surface area contributed by atoms with Gasteiger partial charge in [0.25, 0.3) is 6.26 Å². The normalized spacial score (nSPS) is 9.83. The summed E-state index contributed by atoms with van der Waals surface area (Å²) in [6, 6.07) is 6.70. The maximum atomic E-state index is 8.54. The van der Waals surface area contributed by atoms with Crippen LogP contribution in [0.3, 0.4) is 0 Å². The zero-order chi connectivity index (χ0) is 13.0. The van der Waals surface area contributed by atoms with Crippen LogP contribution in [0.4, 0.5) is 0 Å². The summed E-state index contributed by atoms with van der Waals surface area (Å²) in [5.41, 5.74) is 0.592. The molecule has 0 radical (unpaired) electrons. The number of ether oxygens (including phenoxy) is 2. The van der Waals surface area contributed by atoms with Gasteiger partial charge in [0, 0.05) is 12.3 Å². The molecular weight excluding hydrogens is 274 g/mol. The van der Waals surface area contributed by atoms with Gasteiger partial charge in [-0.05, 0) is 24.9 Å². The van der Waals surface area contributed by atoms with E-state index in [-0.39, 0.29) is 6.61 Å². The van der Waals surface area contributed by atoms with Crippen molar-refractivity contribution in [2.45, 2.75) is 6.61 Å². The van der Waals surface area contributed by atoms with Crippen molar-refractivity contribution < 1.29 is 9.47 Å². The molecule has 2 rings (SSSR count). The van der Waals surface area contributed by atoms with Gasteiger partial charge in [-0.15, -0.1) is 10.4 Å². The summed E-state index contributed by atoms with van der Waals surface area (Å²) in [6.45, 7) is 0.154. The Balaban J connectivity index is 2.15. The SMILES string of the molecule is N#COc1cccc(Cl)c1COc1ccn(S)n1. The Labute approximate surface area is 114 Å². The summed E-state index contributed by atoms with van der Waals surface area (Å²) in [4.78, 5) is 0. The lowest BCUT2D eigenvalue weighted by Gasteiger charge is -2.08. The molecule has 18 heavy (non-hydrogen) atoms. The van der Waals surface area contributed by atoms with Crippen LogP contribution < -0.4 is 9.47 Å². The highest BCUT2D eigenvalue weighted by Crippen LogP contribution is 2.27. The number of hydrogen-bond donors (Lipinski definition) is 1. The average molecular weight is 282 g/mol. The number of hydrogen-bond acceptors (Lipinski definition) is 5. The van der Waals surface area contributed by atoms with Crippen LogP contribution in [0.1, 0.15) is 5.56 Å². The van der Waals surface area contributed by atoms with Gasteiger partial charge in [-0.2, -0.15) is 0 Å². The Morgan fingerprint density at radius 1 is 1.44 bits per heavy atom. The van der Waals surface area contributed by atoms with Gasteiger partial charge in [-0.25, -0.2) is 4.09 Å². The predicted molar refractivity (Wildman–Crippen MR) is 68.6 cm³/mol. The molecule has 0 aliphatic heterocycles. The van der Waals surface area contributed by atoms with Crippen molar-refractivity contribution in [2.24, 2.45) is 0 Å². The average Bonchev–Trinajstić information content (AvgIpc) is 2.75. The molecule has 1 heterocycles. The zero-order valence-electron chi connectivity index (χ0n) is 9.08. The van der Waals surface area contributed by atoms with Crippen molar-refractivity contribution in [2.75, 3.05) is 0 Å². The monoisotopic (exact) mass is 281 g/mol. The molecule has 0 unspecified atom stereocenters. The molecule has 7 heteroatoms. The number of thiol groups is 1. The van der Waals surface area contributed by atoms with Crippen molar-refractivity contribution >= 4 is 24.4 Å². The van der Waals surface area contributed by atoms with Gasteiger partial charge in [0.2, 0.25) is 5.88 Å². The molecule has 0 N–H and O–H groups in total. The highest BCUT2D eigenvalue weighted by molar-refractivity contribution is 7.78. The molecule has 2 aromatic rings. The fraction of sp³-hybridized carbons (Fsp3) is 0.0909. The topological polar surface area (TPSA) is 60.1 Å². The molecule has 92 valence electrons. The lowest BCUT2D eigenvalue weighted by Crippen LogP contribution is -2.00. The van der Waals surface area contributed by atoms with Crippen LogP contribution in [-0.4, -0.2) is 9.19 Å². The molecule has 0 atom stereocenters. The second-order valence-electron chi connectivity index (χ2n) is 3.27. The van der Waals surface area contributed by atoms with Crippen LogP contribution in [-0.2, 0) is 6.61 Å². The first-order chi connectivity index (χ1) is 8.70. The summed E-state index contributed by atoms with van der Waals surface area (Å²) in [5.74, 6) is 0.781. The van der Waals surface area contributed by atoms with Gasteiger partial charge in [0.1, 0.15) is 12.4 Å². The molecule has 1 aromatic carbocycles. The van der Waals surface area contributed by atoms with Crippen LogP contribution in [0.15, 0.2) is 30.5 Å². The molecule has 0 amide bonds. The smallest absolute Gasteiger partial charge is 0.292 e. The maximum absolute atomic E-state index is 8.54. The molecule has 0 bridgehead atoms. The maximum Gasteiger partial charge on any atom is 0.292 e. The van der Waals surface area contributed by atoms with Crippen LogP contribution in [0.25, 0.3) is 0 Å². The number of rotatable bonds is 4. The van der Waals surface area contributed by atoms with Crippen LogP contribution in [0.5, 0.6) is 11.6 Å². The van der Waals surface area contributed by atoms with Crippen LogP contribution in [0.2, 0.25) is 5.02 Å². The summed E-state index contributed by atoms with van der Waals surface area (Å²) in [6.07, 6.45) is 3.24. The molecule has 0 aliphatic rings. The van der Waals surface area contributed by atoms with Crippen molar-refractivity contribution in [3.63, 3.8) is 0 Å². The number of aromatic nitrogens is 2. The van der Waals surface area contributed by atoms with Crippen LogP contribution in [0, 0.1) is 11.5 Å². The Hall–Kier alpha value is -1.84. The summed E-state index contributed by atoms with van der Waals surface area (Å²) < 4.78 is 11.6. The fourth-order valence-corrected chi connectivity index (χ4v) is 1.72. The number of benzene rings is 1. The molecule has 0 spiro atoms. The van der Waals surface area contributed by atoms with Crippen molar-refractivity contribution in [1.29, 1.82) is 5.26 Å². The quantitative estimate of drug-likeness (QED) is 0.691. The third-order valence-corrected chi connectivity index (χ3v) is 2.72. The first kappa shape index (κ1) is 12.6. The summed E-state index contributed by atoms with van der Waals surface area (Å²) >= 11 is 10.0. The summed E-state index contributed by atoms with van der Waals surface area (Å²) in [7, 11) is 0. The van der Waals surface area contributed by atoms with Gasteiger partial charge in [-0.3, -0.25) is 0 Å². The predicted octanol–water partition coefficient (Wildman–Crippen LogP) is 2.67. The van der Waals surface area contributed by atoms with Crippen molar-refractivity contribution in [1.82, 2.24) is 9.19 Å². The molecule has 0 fully saturated rings. The van der Waals surface area contributed by atoms with Crippen LogP contribution >= 0.6 is 24.4 Å². The van der Waals surface area contributed by atoms with Crippen molar-refractivity contribution in [3.05, 3.63) is 41.0 Å². The third-order valence-electron chi connectivity index (χ3n) is 2.15. The Morgan fingerprint density at radius 3 is 2.94 bits per heavy atom. The van der Waals surface area contributed by atoms with E-state index in [0.717, 1.165) is 0 Å². The fourth-order valence-electron chi connectivity index (χ4n) is 1.34. The van der Waals surface area contributed by atoms with Gasteiger partial charge < -0.3 is 9.47 Å².